The Morgan fingerprint density at radius 3 is 2.84 bits per heavy atom. The number of halogens is 1. The lowest BCUT2D eigenvalue weighted by Crippen LogP contribution is -2.33. The first kappa shape index (κ1) is 14.2. The van der Waals surface area contributed by atoms with Crippen LogP contribution in [0.25, 0.3) is 0 Å². The summed E-state index contributed by atoms with van der Waals surface area (Å²) in [4.78, 5) is 14.0. The van der Waals surface area contributed by atoms with Gasteiger partial charge in [-0.2, -0.15) is 0 Å². The predicted molar refractivity (Wildman–Crippen MR) is 73.5 cm³/mol. The fraction of sp³-hybridized carbons (Fsp3) is 0.500. The number of hydrogen-bond acceptors (Lipinski definition) is 3. The lowest BCUT2D eigenvalue weighted by atomic mass is 9.98. The number of aliphatic hydroxyl groups is 1. The third-order valence-electron chi connectivity index (χ3n) is 3.54. The monoisotopic (exact) mass is 283 g/mol. The summed E-state index contributed by atoms with van der Waals surface area (Å²) in [6.45, 7) is 2.86. The minimum absolute atomic E-state index is 0.0644. The third-order valence-corrected chi connectivity index (χ3v) is 3.78. The lowest BCUT2D eigenvalue weighted by molar-refractivity contribution is 0.0437. The maximum absolute atomic E-state index is 12.4. The number of phenolic OH excluding ortho intramolecular Hbond substituents is 1. The molecule has 1 saturated heterocycles. The highest BCUT2D eigenvalue weighted by atomic mass is 35.5. The van der Waals surface area contributed by atoms with Gasteiger partial charge in [-0.3, -0.25) is 4.79 Å². The molecule has 104 valence electrons. The molecule has 2 rings (SSSR count). The van der Waals surface area contributed by atoms with E-state index in [9.17, 15) is 15.0 Å². The van der Waals surface area contributed by atoms with Crippen molar-refractivity contribution in [2.75, 3.05) is 13.1 Å². The summed E-state index contributed by atoms with van der Waals surface area (Å²) >= 11 is 5.86. The van der Waals surface area contributed by atoms with Crippen molar-refractivity contribution in [1.29, 1.82) is 0 Å². The summed E-state index contributed by atoms with van der Waals surface area (Å²) in [6, 6.07) is 4.44. The zero-order valence-corrected chi connectivity index (χ0v) is 11.7. The first-order valence-electron chi connectivity index (χ1n) is 6.39. The molecule has 0 aliphatic carbocycles. The number of rotatable bonds is 1. The van der Waals surface area contributed by atoms with Gasteiger partial charge in [-0.1, -0.05) is 11.6 Å². The SMILES string of the molecule is CC1(O)CCCN(C(=O)c2cc(Cl)ccc2O)CC1. The highest BCUT2D eigenvalue weighted by Gasteiger charge is 2.28. The molecule has 1 fully saturated rings. The van der Waals surface area contributed by atoms with Gasteiger partial charge in [0.2, 0.25) is 0 Å². The molecule has 0 radical (unpaired) electrons. The fourth-order valence-electron chi connectivity index (χ4n) is 2.32. The molecule has 1 aliphatic heterocycles. The van der Waals surface area contributed by atoms with E-state index in [0.717, 1.165) is 6.42 Å². The van der Waals surface area contributed by atoms with Crippen molar-refractivity contribution in [3.63, 3.8) is 0 Å². The fourth-order valence-corrected chi connectivity index (χ4v) is 2.49. The Morgan fingerprint density at radius 2 is 2.11 bits per heavy atom. The van der Waals surface area contributed by atoms with Crippen LogP contribution in [-0.2, 0) is 0 Å². The molecule has 0 aromatic heterocycles. The molecule has 1 atom stereocenters. The van der Waals surface area contributed by atoms with E-state index in [-0.39, 0.29) is 17.2 Å². The van der Waals surface area contributed by atoms with Crippen molar-refractivity contribution < 1.29 is 15.0 Å². The van der Waals surface area contributed by atoms with Gasteiger partial charge in [0.1, 0.15) is 5.75 Å². The molecule has 0 saturated carbocycles. The average Bonchev–Trinajstić information content (AvgIpc) is 2.52. The van der Waals surface area contributed by atoms with E-state index < -0.39 is 5.60 Å². The molecular weight excluding hydrogens is 266 g/mol. The van der Waals surface area contributed by atoms with Crippen LogP contribution in [0, 0.1) is 0 Å². The first-order valence-corrected chi connectivity index (χ1v) is 6.77. The first-order chi connectivity index (χ1) is 8.89. The van der Waals surface area contributed by atoms with E-state index in [1.165, 1.54) is 12.1 Å². The Kier molecular flexibility index (Phi) is 4.02. The standard InChI is InChI=1S/C14H18ClNO3/c1-14(19)5-2-7-16(8-6-14)13(18)11-9-10(15)3-4-12(11)17/h3-4,9,17,19H,2,5-8H2,1H3. The summed E-state index contributed by atoms with van der Waals surface area (Å²) in [5.74, 6) is -0.303. The average molecular weight is 284 g/mol. The summed E-state index contributed by atoms with van der Waals surface area (Å²) in [5, 5.41) is 20.2. The molecule has 1 heterocycles. The maximum Gasteiger partial charge on any atom is 0.257 e. The number of phenols is 1. The third kappa shape index (κ3) is 3.39. The van der Waals surface area contributed by atoms with Crippen molar-refractivity contribution in [2.45, 2.75) is 31.8 Å². The second-order valence-electron chi connectivity index (χ2n) is 5.30. The number of benzene rings is 1. The lowest BCUT2D eigenvalue weighted by Gasteiger charge is -2.23. The molecule has 2 N–H and O–H groups in total. The molecule has 0 bridgehead atoms. The van der Waals surface area contributed by atoms with Gasteiger partial charge in [0.15, 0.2) is 0 Å². The zero-order valence-electron chi connectivity index (χ0n) is 10.9. The van der Waals surface area contributed by atoms with Crippen molar-refractivity contribution in [1.82, 2.24) is 4.90 Å². The summed E-state index contributed by atoms with van der Waals surface area (Å²) < 4.78 is 0. The molecule has 1 unspecified atom stereocenters. The molecule has 5 heteroatoms. The highest BCUT2D eigenvalue weighted by molar-refractivity contribution is 6.31. The van der Waals surface area contributed by atoms with Gasteiger partial charge < -0.3 is 15.1 Å². The smallest absolute Gasteiger partial charge is 0.257 e. The minimum Gasteiger partial charge on any atom is -0.507 e. The normalized spacial score (nSPS) is 24.1. The van der Waals surface area contributed by atoms with Crippen LogP contribution in [0.2, 0.25) is 5.02 Å². The summed E-state index contributed by atoms with van der Waals surface area (Å²) in [6.07, 6.45) is 1.97. The Balaban J connectivity index is 2.17. The van der Waals surface area contributed by atoms with E-state index in [1.54, 1.807) is 17.9 Å². The van der Waals surface area contributed by atoms with Crippen LogP contribution < -0.4 is 0 Å². The number of carbonyl (C=O) groups excluding carboxylic acids is 1. The van der Waals surface area contributed by atoms with Crippen molar-refractivity contribution in [3.05, 3.63) is 28.8 Å². The van der Waals surface area contributed by atoms with Crippen molar-refractivity contribution in [3.8, 4) is 5.75 Å². The van der Waals surface area contributed by atoms with Gasteiger partial charge >= 0.3 is 0 Å². The molecular formula is C14H18ClNO3. The van der Waals surface area contributed by atoms with Gasteiger partial charge in [0, 0.05) is 18.1 Å². The number of amides is 1. The Hall–Kier alpha value is -1.26. The zero-order chi connectivity index (χ0) is 14.0. The van der Waals surface area contributed by atoms with E-state index in [1.807, 2.05) is 0 Å². The molecule has 1 aromatic carbocycles. The quantitative estimate of drug-likeness (QED) is 0.832. The topological polar surface area (TPSA) is 60.8 Å². The highest BCUT2D eigenvalue weighted by Crippen LogP contribution is 2.26. The van der Waals surface area contributed by atoms with E-state index in [0.29, 0.717) is 31.0 Å². The van der Waals surface area contributed by atoms with Crippen LogP contribution in [0.3, 0.4) is 0 Å². The van der Waals surface area contributed by atoms with Crippen LogP contribution in [0.5, 0.6) is 5.75 Å². The van der Waals surface area contributed by atoms with Crippen LogP contribution >= 0.6 is 11.6 Å². The molecule has 19 heavy (non-hydrogen) atoms. The Bertz CT molecular complexity index is 488. The van der Waals surface area contributed by atoms with Gasteiger partial charge in [-0.25, -0.2) is 0 Å². The summed E-state index contributed by atoms with van der Waals surface area (Å²) in [5.41, 5.74) is -0.500. The largest absolute Gasteiger partial charge is 0.507 e. The second kappa shape index (κ2) is 5.39. The number of hydrogen-bond donors (Lipinski definition) is 2. The predicted octanol–water partition coefficient (Wildman–Crippen LogP) is 2.42. The minimum atomic E-state index is -0.717. The maximum atomic E-state index is 12.4. The molecule has 1 aliphatic rings. The second-order valence-corrected chi connectivity index (χ2v) is 5.74. The van der Waals surface area contributed by atoms with E-state index >= 15 is 0 Å². The van der Waals surface area contributed by atoms with Gasteiger partial charge in [-0.15, -0.1) is 0 Å². The van der Waals surface area contributed by atoms with Gasteiger partial charge in [-0.05, 0) is 44.4 Å². The molecule has 0 spiro atoms. The Morgan fingerprint density at radius 1 is 1.37 bits per heavy atom. The van der Waals surface area contributed by atoms with E-state index in [2.05, 4.69) is 0 Å². The number of nitrogens with zero attached hydrogens (tertiary/aromatic N) is 1. The van der Waals surface area contributed by atoms with Crippen molar-refractivity contribution >= 4 is 17.5 Å². The molecule has 4 nitrogen and oxygen atoms in total. The van der Waals surface area contributed by atoms with Crippen molar-refractivity contribution in [2.24, 2.45) is 0 Å². The molecule has 1 aromatic rings. The van der Waals surface area contributed by atoms with Gasteiger partial charge in [0.05, 0.1) is 11.2 Å². The van der Waals surface area contributed by atoms with Crippen LogP contribution in [-0.4, -0.2) is 39.7 Å². The van der Waals surface area contributed by atoms with E-state index in [4.69, 9.17) is 11.6 Å². The van der Waals surface area contributed by atoms with Gasteiger partial charge in [0.25, 0.3) is 5.91 Å². The number of carbonyl (C=O) groups is 1. The van der Waals surface area contributed by atoms with Crippen LogP contribution in [0.15, 0.2) is 18.2 Å². The number of likely N-dealkylation sites (tertiary alicyclic amines) is 1. The summed E-state index contributed by atoms with van der Waals surface area (Å²) in [7, 11) is 0. The molecule has 1 amide bonds. The number of aromatic hydroxyl groups is 1. The van der Waals surface area contributed by atoms with Crippen LogP contribution in [0.4, 0.5) is 0 Å². The van der Waals surface area contributed by atoms with Crippen LogP contribution in [0.1, 0.15) is 36.5 Å². The Labute approximate surface area is 117 Å².